The van der Waals surface area contributed by atoms with E-state index in [0.717, 1.165) is 0 Å². The van der Waals surface area contributed by atoms with Gasteiger partial charge in [-0.05, 0) is 26.0 Å². The molecule has 1 aromatic rings. The Morgan fingerprint density at radius 3 is 2.28 bits per heavy atom. The van der Waals surface area contributed by atoms with Crippen LogP contribution in [-0.2, 0) is 13.8 Å². The van der Waals surface area contributed by atoms with Crippen molar-refractivity contribution in [2.24, 2.45) is 5.16 Å². The van der Waals surface area contributed by atoms with Gasteiger partial charge in [0, 0.05) is 19.5 Å². The normalized spacial score (nSPS) is 19.0. The van der Waals surface area contributed by atoms with Crippen LogP contribution in [0.25, 0.3) is 0 Å². The van der Waals surface area contributed by atoms with Gasteiger partial charge in [-0.25, -0.2) is 0 Å². The molecule has 0 saturated heterocycles. The first kappa shape index (κ1) is 14.9. The Hall–Kier alpha value is -1.16. The standard InChI is InChI=1S/C12H18NO4P/c1-10(13-14)12(2,16-3)18(15,17-4)11-8-6-5-7-9-11/h5-9,14H,1-4H3/b13-10-. The Morgan fingerprint density at radius 2 is 1.89 bits per heavy atom. The summed E-state index contributed by atoms with van der Waals surface area (Å²) in [7, 11) is -0.597. The van der Waals surface area contributed by atoms with Crippen LogP contribution in [0.3, 0.4) is 0 Å². The van der Waals surface area contributed by atoms with Crippen LogP contribution in [0.15, 0.2) is 35.5 Å². The Morgan fingerprint density at radius 1 is 1.33 bits per heavy atom. The van der Waals surface area contributed by atoms with Crippen LogP contribution in [0.1, 0.15) is 13.8 Å². The van der Waals surface area contributed by atoms with Crippen molar-refractivity contribution in [2.75, 3.05) is 14.2 Å². The van der Waals surface area contributed by atoms with Gasteiger partial charge in [0.25, 0.3) is 7.37 Å². The van der Waals surface area contributed by atoms with Crippen LogP contribution < -0.4 is 5.30 Å². The third-order valence-electron chi connectivity index (χ3n) is 3.13. The van der Waals surface area contributed by atoms with E-state index in [1.165, 1.54) is 21.1 Å². The molecule has 18 heavy (non-hydrogen) atoms. The Bertz CT molecular complexity index is 474. The van der Waals surface area contributed by atoms with E-state index in [0.29, 0.717) is 5.30 Å². The molecular formula is C12H18NO4P. The van der Waals surface area contributed by atoms with Gasteiger partial charge in [0.15, 0.2) is 5.34 Å². The van der Waals surface area contributed by atoms with Crippen LogP contribution in [0.2, 0.25) is 0 Å². The average molecular weight is 271 g/mol. The zero-order valence-electron chi connectivity index (χ0n) is 11.0. The van der Waals surface area contributed by atoms with E-state index in [-0.39, 0.29) is 5.71 Å². The highest BCUT2D eigenvalue weighted by atomic mass is 31.2. The first-order valence-corrected chi connectivity index (χ1v) is 7.04. The summed E-state index contributed by atoms with van der Waals surface area (Å²) in [6.45, 7) is 3.12. The smallest absolute Gasteiger partial charge is 0.268 e. The lowest BCUT2D eigenvalue weighted by atomic mass is 10.2. The minimum Gasteiger partial charge on any atom is -0.411 e. The highest BCUT2D eigenvalue weighted by Crippen LogP contribution is 2.58. The summed E-state index contributed by atoms with van der Waals surface area (Å²) in [6, 6.07) is 8.75. The number of benzene rings is 1. The van der Waals surface area contributed by atoms with Gasteiger partial charge in [-0.15, -0.1) is 0 Å². The minimum atomic E-state index is -3.36. The van der Waals surface area contributed by atoms with E-state index < -0.39 is 12.7 Å². The van der Waals surface area contributed by atoms with E-state index in [4.69, 9.17) is 14.5 Å². The molecule has 0 aliphatic rings. The van der Waals surface area contributed by atoms with Crippen molar-refractivity contribution in [3.05, 3.63) is 30.3 Å². The zero-order valence-corrected chi connectivity index (χ0v) is 11.8. The summed E-state index contributed by atoms with van der Waals surface area (Å²) < 4.78 is 23.7. The number of oxime groups is 1. The number of ether oxygens (including phenoxy) is 1. The van der Waals surface area contributed by atoms with Crippen molar-refractivity contribution in [1.82, 2.24) is 0 Å². The summed E-state index contributed by atoms with van der Waals surface area (Å²) in [5, 5.41) is 11.3. The number of rotatable bonds is 5. The quantitative estimate of drug-likeness (QED) is 0.386. The molecule has 5 nitrogen and oxygen atoms in total. The molecule has 0 bridgehead atoms. The third-order valence-corrected chi connectivity index (χ3v) is 6.26. The van der Waals surface area contributed by atoms with Crippen molar-refractivity contribution in [1.29, 1.82) is 0 Å². The molecule has 0 radical (unpaired) electrons. The maximum atomic E-state index is 13.1. The molecule has 6 heteroatoms. The first-order chi connectivity index (χ1) is 8.46. The summed E-state index contributed by atoms with van der Waals surface area (Å²) in [4.78, 5) is 0. The Balaban J connectivity index is 3.44. The second-order valence-corrected chi connectivity index (χ2v) is 6.78. The van der Waals surface area contributed by atoms with Crippen molar-refractivity contribution in [2.45, 2.75) is 19.2 Å². The number of hydrogen-bond donors (Lipinski definition) is 1. The lowest BCUT2D eigenvalue weighted by Gasteiger charge is -2.34. The van der Waals surface area contributed by atoms with E-state index in [1.807, 2.05) is 6.07 Å². The van der Waals surface area contributed by atoms with Gasteiger partial charge in [-0.2, -0.15) is 0 Å². The molecule has 0 aliphatic heterocycles. The van der Waals surface area contributed by atoms with Gasteiger partial charge >= 0.3 is 0 Å². The van der Waals surface area contributed by atoms with Gasteiger partial charge in [0.2, 0.25) is 0 Å². The third kappa shape index (κ3) is 2.21. The van der Waals surface area contributed by atoms with Gasteiger partial charge in [0.05, 0.1) is 5.71 Å². The molecule has 0 heterocycles. The van der Waals surface area contributed by atoms with Crippen molar-refractivity contribution in [3.63, 3.8) is 0 Å². The highest BCUT2D eigenvalue weighted by molar-refractivity contribution is 7.69. The maximum absolute atomic E-state index is 13.1. The van der Waals surface area contributed by atoms with E-state index >= 15 is 0 Å². The van der Waals surface area contributed by atoms with Crippen molar-refractivity contribution < 1.29 is 19.0 Å². The average Bonchev–Trinajstić information content (AvgIpc) is 2.45. The largest absolute Gasteiger partial charge is 0.411 e. The van der Waals surface area contributed by atoms with E-state index in [9.17, 15) is 4.57 Å². The summed E-state index contributed by atoms with van der Waals surface area (Å²) in [5.74, 6) is 0. The summed E-state index contributed by atoms with van der Waals surface area (Å²) in [5.41, 5.74) is 0.194. The van der Waals surface area contributed by atoms with Gasteiger partial charge in [-0.3, -0.25) is 4.57 Å². The second kappa shape index (κ2) is 5.65. The lowest BCUT2D eigenvalue weighted by Crippen LogP contribution is -2.39. The zero-order chi connectivity index (χ0) is 13.8. The van der Waals surface area contributed by atoms with Crippen LogP contribution >= 0.6 is 7.37 Å². The lowest BCUT2D eigenvalue weighted by molar-refractivity contribution is 0.115. The number of hydrogen-bond acceptors (Lipinski definition) is 5. The topological polar surface area (TPSA) is 68.1 Å². The van der Waals surface area contributed by atoms with E-state index in [1.54, 1.807) is 31.2 Å². The molecule has 0 fully saturated rings. The predicted octanol–water partition coefficient (Wildman–Crippen LogP) is 2.45. The fourth-order valence-electron chi connectivity index (χ4n) is 1.72. The first-order valence-electron chi connectivity index (χ1n) is 5.42. The molecule has 1 rings (SSSR count). The molecule has 0 amide bonds. The molecule has 100 valence electrons. The monoisotopic (exact) mass is 271 g/mol. The van der Waals surface area contributed by atoms with Gasteiger partial charge in [-0.1, -0.05) is 23.4 Å². The number of methoxy groups -OCH3 is 1. The predicted molar refractivity (Wildman–Crippen MR) is 71.0 cm³/mol. The van der Waals surface area contributed by atoms with Crippen molar-refractivity contribution >= 4 is 18.4 Å². The molecule has 1 aromatic carbocycles. The van der Waals surface area contributed by atoms with Crippen LogP contribution in [0, 0.1) is 0 Å². The molecule has 0 aromatic heterocycles. The molecule has 0 aliphatic carbocycles. The minimum absolute atomic E-state index is 0.194. The molecule has 2 unspecified atom stereocenters. The summed E-state index contributed by atoms with van der Waals surface area (Å²) in [6.07, 6.45) is 0. The molecular weight excluding hydrogens is 253 g/mol. The highest BCUT2D eigenvalue weighted by Gasteiger charge is 2.49. The SMILES string of the molecule is COC(C)(/C(C)=N\O)P(=O)(OC)c1ccccc1. The molecule has 1 N–H and O–H groups in total. The fourth-order valence-corrected chi connectivity index (χ4v) is 4.05. The molecule has 0 spiro atoms. The Labute approximate surface area is 107 Å². The second-order valence-electron chi connectivity index (χ2n) is 3.94. The summed E-state index contributed by atoms with van der Waals surface area (Å²) >= 11 is 0. The van der Waals surface area contributed by atoms with Gasteiger partial charge in [0.1, 0.15) is 0 Å². The van der Waals surface area contributed by atoms with E-state index in [2.05, 4.69) is 5.16 Å². The van der Waals surface area contributed by atoms with Crippen LogP contribution in [0.4, 0.5) is 0 Å². The molecule has 0 saturated carbocycles. The Kier molecular flexibility index (Phi) is 4.68. The van der Waals surface area contributed by atoms with Crippen LogP contribution in [-0.4, -0.2) is 30.5 Å². The van der Waals surface area contributed by atoms with Crippen molar-refractivity contribution in [3.8, 4) is 0 Å². The number of nitrogens with zero attached hydrogens (tertiary/aromatic N) is 1. The van der Waals surface area contributed by atoms with Gasteiger partial charge < -0.3 is 14.5 Å². The molecule has 2 atom stereocenters. The maximum Gasteiger partial charge on any atom is 0.268 e. The van der Waals surface area contributed by atoms with Crippen LogP contribution in [0.5, 0.6) is 0 Å². The fraction of sp³-hybridized carbons (Fsp3) is 0.417.